The summed E-state index contributed by atoms with van der Waals surface area (Å²) in [7, 11) is 0. The highest BCUT2D eigenvalue weighted by molar-refractivity contribution is 4.90. The van der Waals surface area contributed by atoms with Gasteiger partial charge in [-0.05, 0) is 63.7 Å². The van der Waals surface area contributed by atoms with E-state index in [0.29, 0.717) is 0 Å². The molecule has 2 rings (SSSR count). The Labute approximate surface area is 100 Å². The number of rotatable bonds is 5. The van der Waals surface area contributed by atoms with E-state index < -0.39 is 0 Å². The van der Waals surface area contributed by atoms with Crippen LogP contribution in [0.25, 0.3) is 0 Å². The fourth-order valence-corrected chi connectivity index (χ4v) is 2.90. The van der Waals surface area contributed by atoms with E-state index in [1.54, 1.807) is 0 Å². The van der Waals surface area contributed by atoms with E-state index in [0.717, 1.165) is 11.8 Å². The molecule has 0 saturated carbocycles. The van der Waals surface area contributed by atoms with E-state index in [2.05, 4.69) is 29.3 Å². The maximum absolute atomic E-state index is 3.68. The summed E-state index contributed by atoms with van der Waals surface area (Å²) in [6, 6.07) is 0. The molecule has 2 atom stereocenters. The van der Waals surface area contributed by atoms with Crippen molar-refractivity contribution in [2.75, 3.05) is 32.7 Å². The molecule has 0 amide bonds. The summed E-state index contributed by atoms with van der Waals surface area (Å²) in [6.07, 6.45) is 10.0. The number of hydrogen-bond acceptors (Lipinski definition) is 2. The quantitative estimate of drug-likeness (QED) is 0.718. The first-order chi connectivity index (χ1) is 7.88. The normalized spacial score (nSPS) is 31.1. The zero-order chi connectivity index (χ0) is 11.2. The standard InChI is InChI=1S/C14H26N2/c1-2-16-9-8-14(12-16)11-15-10-13-6-4-3-5-7-13/h3-4,13-15H,2,5-12H2,1H3. The van der Waals surface area contributed by atoms with Gasteiger partial charge in [-0.3, -0.25) is 0 Å². The summed E-state index contributed by atoms with van der Waals surface area (Å²) in [6.45, 7) is 8.58. The molecule has 2 heteroatoms. The van der Waals surface area contributed by atoms with Crippen LogP contribution in [0.1, 0.15) is 32.6 Å². The van der Waals surface area contributed by atoms with Gasteiger partial charge in [0, 0.05) is 6.54 Å². The monoisotopic (exact) mass is 222 g/mol. The van der Waals surface area contributed by atoms with Crippen molar-refractivity contribution in [1.29, 1.82) is 0 Å². The molecule has 0 aromatic rings. The first-order valence-corrected chi connectivity index (χ1v) is 6.96. The minimum Gasteiger partial charge on any atom is -0.316 e. The Morgan fingerprint density at radius 2 is 2.06 bits per heavy atom. The van der Waals surface area contributed by atoms with Gasteiger partial charge in [0.25, 0.3) is 0 Å². The summed E-state index contributed by atoms with van der Waals surface area (Å²) < 4.78 is 0. The molecule has 92 valence electrons. The number of nitrogens with zero attached hydrogens (tertiary/aromatic N) is 1. The van der Waals surface area contributed by atoms with Crippen LogP contribution in [0.15, 0.2) is 12.2 Å². The third-order valence-corrected chi connectivity index (χ3v) is 4.06. The van der Waals surface area contributed by atoms with Crippen molar-refractivity contribution in [3.63, 3.8) is 0 Å². The van der Waals surface area contributed by atoms with Crippen LogP contribution in [0.5, 0.6) is 0 Å². The van der Waals surface area contributed by atoms with Gasteiger partial charge in [0.15, 0.2) is 0 Å². The molecule has 0 aromatic heterocycles. The lowest BCUT2D eigenvalue weighted by Crippen LogP contribution is -2.30. The second-order valence-electron chi connectivity index (χ2n) is 5.36. The van der Waals surface area contributed by atoms with Gasteiger partial charge in [0.2, 0.25) is 0 Å². The smallest absolute Gasteiger partial charge is 0.00222 e. The Morgan fingerprint density at radius 3 is 2.75 bits per heavy atom. The minimum atomic E-state index is 0.897. The van der Waals surface area contributed by atoms with Crippen LogP contribution in [0, 0.1) is 11.8 Å². The third-order valence-electron chi connectivity index (χ3n) is 4.06. The minimum absolute atomic E-state index is 0.897. The highest BCUT2D eigenvalue weighted by Gasteiger charge is 2.20. The van der Waals surface area contributed by atoms with Gasteiger partial charge < -0.3 is 10.2 Å². The van der Waals surface area contributed by atoms with Crippen molar-refractivity contribution in [2.45, 2.75) is 32.6 Å². The zero-order valence-corrected chi connectivity index (χ0v) is 10.6. The molecule has 1 saturated heterocycles. The molecular formula is C14H26N2. The van der Waals surface area contributed by atoms with Crippen LogP contribution in [-0.4, -0.2) is 37.6 Å². The van der Waals surface area contributed by atoms with Crippen molar-refractivity contribution in [3.05, 3.63) is 12.2 Å². The molecule has 0 spiro atoms. The molecule has 0 bridgehead atoms. The first kappa shape index (κ1) is 12.1. The van der Waals surface area contributed by atoms with E-state index in [-0.39, 0.29) is 0 Å². The maximum atomic E-state index is 3.68. The van der Waals surface area contributed by atoms with Gasteiger partial charge in [-0.15, -0.1) is 0 Å². The molecule has 2 unspecified atom stereocenters. The Morgan fingerprint density at radius 1 is 1.19 bits per heavy atom. The average Bonchev–Trinajstić information content (AvgIpc) is 2.78. The fourth-order valence-electron chi connectivity index (χ4n) is 2.90. The molecule has 1 aliphatic carbocycles. The number of likely N-dealkylation sites (tertiary alicyclic amines) is 1. The van der Waals surface area contributed by atoms with Gasteiger partial charge in [0.05, 0.1) is 0 Å². The van der Waals surface area contributed by atoms with Crippen molar-refractivity contribution in [1.82, 2.24) is 10.2 Å². The van der Waals surface area contributed by atoms with Crippen LogP contribution in [-0.2, 0) is 0 Å². The highest BCUT2D eigenvalue weighted by Crippen LogP contribution is 2.18. The Balaban J connectivity index is 1.56. The molecule has 1 fully saturated rings. The van der Waals surface area contributed by atoms with Crippen molar-refractivity contribution in [3.8, 4) is 0 Å². The number of allylic oxidation sites excluding steroid dienone is 2. The molecule has 0 aromatic carbocycles. The Bertz CT molecular complexity index is 225. The topological polar surface area (TPSA) is 15.3 Å². The molecule has 2 aliphatic rings. The van der Waals surface area contributed by atoms with E-state index in [1.165, 1.54) is 58.4 Å². The average molecular weight is 222 g/mol. The predicted octanol–water partition coefficient (Wildman–Crippen LogP) is 2.27. The fraction of sp³-hybridized carbons (Fsp3) is 0.857. The molecule has 1 heterocycles. The van der Waals surface area contributed by atoms with Crippen LogP contribution < -0.4 is 5.32 Å². The van der Waals surface area contributed by atoms with Gasteiger partial charge in [0.1, 0.15) is 0 Å². The second-order valence-corrected chi connectivity index (χ2v) is 5.36. The van der Waals surface area contributed by atoms with E-state index in [4.69, 9.17) is 0 Å². The first-order valence-electron chi connectivity index (χ1n) is 6.96. The van der Waals surface area contributed by atoms with E-state index in [9.17, 15) is 0 Å². The highest BCUT2D eigenvalue weighted by atomic mass is 15.1. The summed E-state index contributed by atoms with van der Waals surface area (Å²) >= 11 is 0. The predicted molar refractivity (Wildman–Crippen MR) is 69.6 cm³/mol. The SMILES string of the molecule is CCN1CCC(CNCC2CC=CCC2)C1. The number of hydrogen-bond donors (Lipinski definition) is 1. The zero-order valence-electron chi connectivity index (χ0n) is 10.6. The van der Waals surface area contributed by atoms with E-state index in [1.807, 2.05) is 0 Å². The van der Waals surface area contributed by atoms with Gasteiger partial charge in [-0.1, -0.05) is 19.1 Å². The van der Waals surface area contributed by atoms with Gasteiger partial charge in [-0.2, -0.15) is 0 Å². The largest absolute Gasteiger partial charge is 0.316 e. The Hall–Kier alpha value is -0.340. The van der Waals surface area contributed by atoms with Gasteiger partial charge >= 0.3 is 0 Å². The van der Waals surface area contributed by atoms with Crippen LogP contribution in [0.3, 0.4) is 0 Å². The summed E-state index contributed by atoms with van der Waals surface area (Å²) in [5, 5.41) is 3.68. The maximum Gasteiger partial charge on any atom is 0.00222 e. The van der Waals surface area contributed by atoms with Crippen LogP contribution in [0.4, 0.5) is 0 Å². The molecular weight excluding hydrogens is 196 g/mol. The van der Waals surface area contributed by atoms with Crippen molar-refractivity contribution >= 4 is 0 Å². The van der Waals surface area contributed by atoms with E-state index >= 15 is 0 Å². The molecule has 0 radical (unpaired) electrons. The van der Waals surface area contributed by atoms with Crippen LogP contribution >= 0.6 is 0 Å². The molecule has 1 aliphatic heterocycles. The summed E-state index contributed by atoms with van der Waals surface area (Å²) in [5.74, 6) is 1.80. The lowest BCUT2D eigenvalue weighted by atomic mass is 9.94. The number of nitrogens with one attached hydrogen (secondary N) is 1. The molecule has 16 heavy (non-hydrogen) atoms. The summed E-state index contributed by atoms with van der Waals surface area (Å²) in [4.78, 5) is 2.57. The van der Waals surface area contributed by atoms with Crippen molar-refractivity contribution < 1.29 is 0 Å². The molecule has 1 N–H and O–H groups in total. The van der Waals surface area contributed by atoms with Crippen molar-refractivity contribution in [2.24, 2.45) is 11.8 Å². The molecule has 2 nitrogen and oxygen atoms in total. The van der Waals surface area contributed by atoms with Crippen LogP contribution in [0.2, 0.25) is 0 Å². The third kappa shape index (κ3) is 3.60. The Kier molecular flexibility index (Phi) is 4.86. The second kappa shape index (κ2) is 6.41. The lowest BCUT2D eigenvalue weighted by Gasteiger charge is -2.19. The van der Waals surface area contributed by atoms with Gasteiger partial charge in [-0.25, -0.2) is 0 Å². The lowest BCUT2D eigenvalue weighted by molar-refractivity contribution is 0.335. The summed E-state index contributed by atoms with van der Waals surface area (Å²) in [5.41, 5.74) is 0.